The van der Waals surface area contributed by atoms with Crippen LogP contribution in [0, 0.1) is 10.1 Å². The first kappa shape index (κ1) is 18.4. The predicted octanol–water partition coefficient (Wildman–Crippen LogP) is 2.51. The van der Waals surface area contributed by atoms with Crippen molar-refractivity contribution in [3.05, 3.63) is 56.3 Å². The van der Waals surface area contributed by atoms with Crippen molar-refractivity contribution >= 4 is 34.6 Å². The highest BCUT2D eigenvalue weighted by molar-refractivity contribution is 7.07. The molecule has 2 aromatic rings. The number of esters is 1. The van der Waals surface area contributed by atoms with Crippen molar-refractivity contribution < 1.29 is 19.2 Å². The Kier molecular flexibility index (Phi) is 6.07. The highest BCUT2D eigenvalue weighted by atomic mass is 32.1. The summed E-state index contributed by atoms with van der Waals surface area (Å²) in [7, 11) is 3.16. The summed E-state index contributed by atoms with van der Waals surface area (Å²) in [6.07, 6.45) is 0. The third-order valence-electron chi connectivity index (χ3n) is 3.45. The number of benzene rings is 1. The van der Waals surface area contributed by atoms with Gasteiger partial charge in [-0.1, -0.05) is 0 Å². The maximum Gasteiger partial charge on any atom is 0.338 e. The Morgan fingerprint density at radius 1 is 1.36 bits per heavy atom. The summed E-state index contributed by atoms with van der Waals surface area (Å²) in [5.41, 5.74) is 1.05. The number of nitro groups is 1. The second-order valence-corrected chi connectivity index (χ2v) is 5.98. The van der Waals surface area contributed by atoms with Crippen molar-refractivity contribution in [3.8, 4) is 0 Å². The largest absolute Gasteiger partial charge is 0.452 e. The zero-order valence-corrected chi connectivity index (χ0v) is 14.5. The molecule has 0 bridgehead atoms. The quantitative estimate of drug-likeness (QED) is 0.461. The van der Waals surface area contributed by atoms with E-state index in [-0.39, 0.29) is 22.8 Å². The van der Waals surface area contributed by atoms with Crippen molar-refractivity contribution in [2.24, 2.45) is 0 Å². The number of nitro benzene ring substituents is 1. The summed E-state index contributed by atoms with van der Waals surface area (Å²) < 4.78 is 4.97. The normalized spacial score (nSPS) is 10.2. The first-order chi connectivity index (χ1) is 11.9. The molecular weight excluding hydrogens is 346 g/mol. The molecular formula is C16H17N3O5S. The van der Waals surface area contributed by atoms with Gasteiger partial charge in [0.15, 0.2) is 6.61 Å². The highest BCUT2D eigenvalue weighted by Gasteiger charge is 2.19. The van der Waals surface area contributed by atoms with Crippen LogP contribution in [0.2, 0.25) is 0 Å². The molecule has 0 unspecified atom stereocenters. The topological polar surface area (TPSA) is 102 Å². The van der Waals surface area contributed by atoms with Gasteiger partial charge in [-0.3, -0.25) is 14.9 Å². The molecule has 8 nitrogen and oxygen atoms in total. The number of carbonyl (C=O) groups excluding carboxylic acids is 2. The number of nitrogens with zero attached hydrogens (tertiary/aromatic N) is 2. The van der Waals surface area contributed by atoms with Crippen LogP contribution in [0.4, 0.5) is 11.4 Å². The Hall–Kier alpha value is -2.94. The molecule has 9 heteroatoms. The van der Waals surface area contributed by atoms with E-state index in [4.69, 9.17) is 4.74 Å². The van der Waals surface area contributed by atoms with Crippen LogP contribution in [-0.2, 0) is 16.1 Å². The molecule has 1 amide bonds. The molecule has 25 heavy (non-hydrogen) atoms. The van der Waals surface area contributed by atoms with Gasteiger partial charge in [0.05, 0.1) is 10.5 Å². The SMILES string of the molecule is CNc1ccc(C(=O)OCC(=O)N(C)Cc2ccsc2)cc1[N+](=O)[O-]. The summed E-state index contributed by atoms with van der Waals surface area (Å²) in [4.78, 5) is 35.9. The number of thiophene rings is 1. The molecule has 1 aromatic heterocycles. The van der Waals surface area contributed by atoms with Crippen LogP contribution in [0.3, 0.4) is 0 Å². The van der Waals surface area contributed by atoms with Gasteiger partial charge in [0.1, 0.15) is 5.69 Å². The summed E-state index contributed by atoms with van der Waals surface area (Å²) in [6, 6.07) is 5.84. The third kappa shape index (κ3) is 4.77. The van der Waals surface area contributed by atoms with Crippen LogP contribution in [0.1, 0.15) is 15.9 Å². The number of hydrogen-bond donors (Lipinski definition) is 1. The summed E-state index contributed by atoms with van der Waals surface area (Å²) in [5.74, 6) is -1.15. The van der Waals surface area contributed by atoms with Crippen LogP contribution in [0.25, 0.3) is 0 Å². The van der Waals surface area contributed by atoms with Crippen LogP contribution in [0.15, 0.2) is 35.0 Å². The first-order valence-electron chi connectivity index (χ1n) is 7.30. The molecule has 0 atom stereocenters. The molecule has 0 aliphatic rings. The highest BCUT2D eigenvalue weighted by Crippen LogP contribution is 2.25. The van der Waals surface area contributed by atoms with Crippen molar-refractivity contribution in [2.75, 3.05) is 26.0 Å². The van der Waals surface area contributed by atoms with Gasteiger partial charge in [0.2, 0.25) is 0 Å². The summed E-state index contributed by atoms with van der Waals surface area (Å²) in [6.45, 7) is -0.0106. The number of anilines is 1. The smallest absolute Gasteiger partial charge is 0.338 e. The fourth-order valence-electron chi connectivity index (χ4n) is 2.09. The monoisotopic (exact) mass is 363 g/mol. The van der Waals surface area contributed by atoms with Gasteiger partial charge < -0.3 is 15.0 Å². The first-order valence-corrected chi connectivity index (χ1v) is 8.25. The van der Waals surface area contributed by atoms with Gasteiger partial charge in [0, 0.05) is 26.7 Å². The molecule has 1 aromatic carbocycles. The van der Waals surface area contributed by atoms with Gasteiger partial charge >= 0.3 is 5.97 Å². The average Bonchev–Trinajstić information content (AvgIpc) is 3.11. The van der Waals surface area contributed by atoms with Crippen LogP contribution < -0.4 is 5.32 Å². The van der Waals surface area contributed by atoms with E-state index in [0.29, 0.717) is 6.54 Å². The molecule has 2 rings (SSSR count). The fourth-order valence-corrected chi connectivity index (χ4v) is 2.75. The Bertz CT molecular complexity index is 776. The maximum absolute atomic E-state index is 12.0. The van der Waals surface area contributed by atoms with Gasteiger partial charge in [-0.05, 0) is 34.5 Å². The number of carbonyl (C=O) groups is 2. The lowest BCUT2D eigenvalue weighted by Crippen LogP contribution is -2.30. The van der Waals surface area contributed by atoms with E-state index < -0.39 is 17.5 Å². The number of likely N-dealkylation sites (N-methyl/N-ethyl adjacent to an activating group) is 1. The lowest BCUT2D eigenvalue weighted by atomic mass is 10.1. The number of hydrogen-bond acceptors (Lipinski definition) is 7. The van der Waals surface area contributed by atoms with Crippen LogP contribution in [0.5, 0.6) is 0 Å². The molecule has 132 valence electrons. The minimum Gasteiger partial charge on any atom is -0.452 e. The molecule has 0 aliphatic carbocycles. The summed E-state index contributed by atoms with van der Waals surface area (Å²) in [5, 5.41) is 17.5. The minimum absolute atomic E-state index is 0.0130. The molecule has 1 heterocycles. The zero-order valence-electron chi connectivity index (χ0n) is 13.7. The van der Waals surface area contributed by atoms with Gasteiger partial charge in [-0.15, -0.1) is 0 Å². The third-order valence-corrected chi connectivity index (χ3v) is 4.18. The average molecular weight is 363 g/mol. The lowest BCUT2D eigenvalue weighted by molar-refractivity contribution is -0.384. The Morgan fingerprint density at radius 2 is 2.12 bits per heavy atom. The van der Waals surface area contributed by atoms with Gasteiger partial charge in [-0.25, -0.2) is 4.79 Å². The molecule has 0 aliphatic heterocycles. The van der Waals surface area contributed by atoms with Crippen molar-refractivity contribution in [1.29, 1.82) is 0 Å². The maximum atomic E-state index is 12.0. The number of ether oxygens (including phenoxy) is 1. The standard InChI is InChI=1S/C16H17N3O5S/c1-17-13-4-3-12(7-14(13)19(22)23)16(21)24-9-15(20)18(2)8-11-5-6-25-10-11/h3-7,10,17H,8-9H2,1-2H3. The number of amides is 1. The predicted molar refractivity (Wildman–Crippen MR) is 93.7 cm³/mol. The van der Waals surface area contributed by atoms with Crippen molar-refractivity contribution in [1.82, 2.24) is 4.90 Å². The van der Waals surface area contributed by atoms with E-state index in [9.17, 15) is 19.7 Å². The second kappa shape index (κ2) is 8.25. The van der Waals surface area contributed by atoms with Gasteiger partial charge in [-0.2, -0.15) is 11.3 Å². The Morgan fingerprint density at radius 3 is 2.72 bits per heavy atom. The number of rotatable bonds is 7. The lowest BCUT2D eigenvalue weighted by Gasteiger charge is -2.16. The van der Waals surface area contributed by atoms with Crippen molar-refractivity contribution in [3.63, 3.8) is 0 Å². The van der Waals surface area contributed by atoms with Crippen molar-refractivity contribution in [2.45, 2.75) is 6.54 Å². The van der Waals surface area contributed by atoms with E-state index in [2.05, 4.69) is 5.32 Å². The van der Waals surface area contributed by atoms with E-state index in [1.54, 1.807) is 14.1 Å². The van der Waals surface area contributed by atoms with Gasteiger partial charge in [0.25, 0.3) is 11.6 Å². The molecule has 0 saturated carbocycles. The zero-order chi connectivity index (χ0) is 18.4. The minimum atomic E-state index is -0.789. The fraction of sp³-hybridized carbons (Fsp3) is 0.250. The Balaban J connectivity index is 1.96. The Labute approximate surface area is 148 Å². The van der Waals surface area contributed by atoms with E-state index in [1.165, 1.54) is 28.4 Å². The molecule has 0 spiro atoms. The second-order valence-electron chi connectivity index (χ2n) is 5.20. The number of nitrogens with one attached hydrogen (secondary N) is 1. The van der Waals surface area contributed by atoms with Crippen LogP contribution in [-0.4, -0.2) is 42.4 Å². The van der Waals surface area contributed by atoms with E-state index in [1.807, 2.05) is 16.8 Å². The molecule has 1 N–H and O–H groups in total. The summed E-state index contributed by atoms with van der Waals surface area (Å²) >= 11 is 1.53. The molecule has 0 saturated heterocycles. The van der Waals surface area contributed by atoms with E-state index in [0.717, 1.165) is 11.6 Å². The van der Waals surface area contributed by atoms with E-state index >= 15 is 0 Å². The molecule has 0 radical (unpaired) electrons. The molecule has 0 fully saturated rings. The van der Waals surface area contributed by atoms with Crippen LogP contribution >= 0.6 is 11.3 Å².